The van der Waals surface area contributed by atoms with E-state index in [9.17, 15) is 4.79 Å². The molecule has 5 heteroatoms. The Balaban J connectivity index is 1.57. The minimum Gasteiger partial charge on any atom is -0.375 e. The molecule has 1 N–H and O–H groups in total. The summed E-state index contributed by atoms with van der Waals surface area (Å²) in [6, 6.07) is 7.52. The van der Waals surface area contributed by atoms with E-state index < -0.39 is 0 Å². The van der Waals surface area contributed by atoms with Crippen molar-refractivity contribution < 1.29 is 14.3 Å². The van der Waals surface area contributed by atoms with Crippen LogP contribution in [0.25, 0.3) is 0 Å². The third-order valence-electron chi connectivity index (χ3n) is 4.41. The standard InChI is InChI=1S/C16H20ClNO3/c1-20-15(10-3-2-4-11(17)7-10)9-18-16(19)13-8-12-5-6-14(13)21-12/h2-4,7,12-15H,5-6,8-9H2,1H3,(H,18,19). The van der Waals surface area contributed by atoms with Crippen molar-refractivity contribution in [1.82, 2.24) is 5.32 Å². The monoisotopic (exact) mass is 309 g/mol. The molecule has 3 rings (SSSR count). The first kappa shape index (κ1) is 14.8. The number of fused-ring (bicyclic) bond motifs is 2. The predicted octanol–water partition coefficient (Wildman–Crippen LogP) is 2.71. The first-order valence-electron chi connectivity index (χ1n) is 7.39. The van der Waals surface area contributed by atoms with Gasteiger partial charge in [0.15, 0.2) is 0 Å². The molecule has 114 valence electrons. The summed E-state index contributed by atoms with van der Waals surface area (Å²) < 4.78 is 11.2. The lowest BCUT2D eigenvalue weighted by Crippen LogP contribution is -2.38. The van der Waals surface area contributed by atoms with Crippen molar-refractivity contribution in [2.45, 2.75) is 37.6 Å². The largest absolute Gasteiger partial charge is 0.375 e. The molecular weight excluding hydrogens is 290 g/mol. The van der Waals surface area contributed by atoms with Gasteiger partial charge in [-0.25, -0.2) is 0 Å². The fraction of sp³-hybridized carbons (Fsp3) is 0.562. The number of hydrogen-bond acceptors (Lipinski definition) is 3. The number of methoxy groups -OCH3 is 1. The molecule has 0 radical (unpaired) electrons. The normalized spacial score (nSPS) is 28.6. The molecule has 2 bridgehead atoms. The molecule has 2 heterocycles. The highest BCUT2D eigenvalue weighted by Crippen LogP contribution is 2.38. The number of carbonyl (C=O) groups is 1. The fourth-order valence-corrected chi connectivity index (χ4v) is 3.48. The molecule has 2 saturated heterocycles. The van der Waals surface area contributed by atoms with Crippen molar-refractivity contribution >= 4 is 17.5 Å². The van der Waals surface area contributed by atoms with E-state index in [4.69, 9.17) is 21.1 Å². The van der Waals surface area contributed by atoms with Crippen LogP contribution in [0.1, 0.15) is 30.9 Å². The summed E-state index contributed by atoms with van der Waals surface area (Å²) in [4.78, 5) is 12.3. The van der Waals surface area contributed by atoms with Crippen molar-refractivity contribution in [3.63, 3.8) is 0 Å². The van der Waals surface area contributed by atoms with Crippen LogP contribution in [0.4, 0.5) is 0 Å². The van der Waals surface area contributed by atoms with Crippen LogP contribution in [-0.2, 0) is 14.3 Å². The van der Waals surface area contributed by atoms with Gasteiger partial charge in [0.05, 0.1) is 24.2 Å². The summed E-state index contributed by atoms with van der Waals surface area (Å²) in [5.74, 6) is 0.0758. The topological polar surface area (TPSA) is 47.6 Å². The molecule has 4 nitrogen and oxygen atoms in total. The first-order chi connectivity index (χ1) is 10.2. The van der Waals surface area contributed by atoms with E-state index in [0.717, 1.165) is 24.8 Å². The molecule has 0 saturated carbocycles. The zero-order valence-corrected chi connectivity index (χ0v) is 12.8. The summed E-state index contributed by atoms with van der Waals surface area (Å²) in [5, 5.41) is 3.66. The highest BCUT2D eigenvalue weighted by molar-refractivity contribution is 6.30. The molecule has 1 aromatic rings. The molecule has 21 heavy (non-hydrogen) atoms. The minimum absolute atomic E-state index is 0.000572. The Labute approximate surface area is 129 Å². The van der Waals surface area contributed by atoms with Crippen molar-refractivity contribution in [1.29, 1.82) is 0 Å². The lowest BCUT2D eigenvalue weighted by molar-refractivity contribution is -0.127. The van der Waals surface area contributed by atoms with Crippen LogP contribution in [0.15, 0.2) is 24.3 Å². The molecule has 2 aliphatic rings. The summed E-state index contributed by atoms with van der Waals surface area (Å²) >= 11 is 6.00. The average Bonchev–Trinajstić information content (AvgIpc) is 3.10. The smallest absolute Gasteiger partial charge is 0.225 e. The minimum atomic E-state index is -0.188. The molecule has 1 aromatic carbocycles. The van der Waals surface area contributed by atoms with Gasteiger partial charge in [-0.05, 0) is 37.0 Å². The summed E-state index contributed by atoms with van der Waals surface area (Å²) in [7, 11) is 1.64. The van der Waals surface area contributed by atoms with Gasteiger partial charge in [0.2, 0.25) is 5.91 Å². The van der Waals surface area contributed by atoms with Crippen molar-refractivity contribution in [3.8, 4) is 0 Å². The van der Waals surface area contributed by atoms with E-state index in [0.29, 0.717) is 11.6 Å². The number of ether oxygens (including phenoxy) is 2. The highest BCUT2D eigenvalue weighted by atomic mass is 35.5. The summed E-state index contributed by atoms with van der Waals surface area (Å²) in [6.45, 7) is 0.448. The lowest BCUT2D eigenvalue weighted by atomic mass is 9.88. The van der Waals surface area contributed by atoms with Crippen molar-refractivity contribution in [3.05, 3.63) is 34.9 Å². The van der Waals surface area contributed by atoms with Gasteiger partial charge < -0.3 is 14.8 Å². The Kier molecular flexibility index (Phi) is 4.48. The molecule has 0 aliphatic carbocycles. The zero-order chi connectivity index (χ0) is 14.8. The maximum absolute atomic E-state index is 12.3. The number of rotatable bonds is 5. The van der Waals surface area contributed by atoms with Gasteiger partial charge in [-0.1, -0.05) is 23.7 Å². The molecule has 4 unspecified atom stereocenters. The summed E-state index contributed by atoms with van der Waals surface area (Å²) in [5.41, 5.74) is 0.967. The van der Waals surface area contributed by atoms with Gasteiger partial charge in [0.1, 0.15) is 0 Å². The Morgan fingerprint density at radius 3 is 3.00 bits per heavy atom. The highest BCUT2D eigenvalue weighted by Gasteiger charge is 2.44. The average molecular weight is 310 g/mol. The molecule has 2 aliphatic heterocycles. The zero-order valence-electron chi connectivity index (χ0n) is 12.0. The Morgan fingerprint density at radius 2 is 2.38 bits per heavy atom. The van der Waals surface area contributed by atoms with Crippen LogP contribution in [-0.4, -0.2) is 31.8 Å². The van der Waals surface area contributed by atoms with Crippen molar-refractivity contribution in [2.24, 2.45) is 5.92 Å². The number of benzene rings is 1. The second-order valence-electron chi connectivity index (χ2n) is 5.74. The maximum Gasteiger partial charge on any atom is 0.225 e. The van der Waals surface area contributed by atoms with Gasteiger partial charge in [0.25, 0.3) is 0 Å². The lowest BCUT2D eigenvalue weighted by Gasteiger charge is -2.21. The maximum atomic E-state index is 12.3. The quantitative estimate of drug-likeness (QED) is 0.909. The van der Waals surface area contributed by atoms with Crippen LogP contribution < -0.4 is 5.32 Å². The number of hydrogen-bond donors (Lipinski definition) is 1. The van der Waals surface area contributed by atoms with E-state index in [1.54, 1.807) is 7.11 Å². The second kappa shape index (κ2) is 6.34. The van der Waals surface area contributed by atoms with Crippen molar-refractivity contribution in [2.75, 3.05) is 13.7 Å². The molecule has 1 amide bonds. The fourth-order valence-electron chi connectivity index (χ4n) is 3.28. The molecule has 4 atom stereocenters. The third kappa shape index (κ3) is 3.23. The Morgan fingerprint density at radius 1 is 1.52 bits per heavy atom. The van der Waals surface area contributed by atoms with Gasteiger partial charge in [-0.15, -0.1) is 0 Å². The van der Waals surface area contributed by atoms with Crippen LogP contribution in [0.5, 0.6) is 0 Å². The third-order valence-corrected chi connectivity index (χ3v) is 4.64. The van der Waals surface area contributed by atoms with Crippen LogP contribution in [0.3, 0.4) is 0 Å². The SMILES string of the molecule is COC(CNC(=O)C1CC2CCC1O2)c1cccc(Cl)c1. The Bertz CT molecular complexity index is 522. The van der Waals surface area contributed by atoms with Gasteiger partial charge in [0, 0.05) is 18.7 Å². The first-order valence-corrected chi connectivity index (χ1v) is 7.76. The van der Waals surface area contributed by atoms with E-state index in [2.05, 4.69) is 5.32 Å². The number of carbonyl (C=O) groups excluding carboxylic acids is 1. The predicted molar refractivity (Wildman–Crippen MR) is 80.2 cm³/mol. The van der Waals surface area contributed by atoms with E-state index >= 15 is 0 Å². The molecule has 0 aromatic heterocycles. The van der Waals surface area contributed by atoms with E-state index in [1.807, 2.05) is 24.3 Å². The second-order valence-corrected chi connectivity index (χ2v) is 6.18. The Hall–Kier alpha value is -1.10. The van der Waals surface area contributed by atoms with Gasteiger partial charge in [-0.2, -0.15) is 0 Å². The van der Waals surface area contributed by atoms with Crippen LogP contribution in [0, 0.1) is 5.92 Å². The molecule has 2 fully saturated rings. The number of nitrogens with one attached hydrogen (secondary N) is 1. The summed E-state index contributed by atoms with van der Waals surface area (Å²) in [6.07, 6.45) is 3.17. The van der Waals surface area contributed by atoms with E-state index in [1.165, 1.54) is 0 Å². The van der Waals surface area contributed by atoms with Gasteiger partial charge >= 0.3 is 0 Å². The van der Waals surface area contributed by atoms with Crippen LogP contribution in [0.2, 0.25) is 5.02 Å². The number of halogens is 1. The van der Waals surface area contributed by atoms with Crippen LogP contribution >= 0.6 is 11.6 Å². The molecular formula is C16H20ClNO3. The molecule has 0 spiro atoms. The van der Waals surface area contributed by atoms with E-state index in [-0.39, 0.29) is 30.1 Å². The van der Waals surface area contributed by atoms with Gasteiger partial charge in [-0.3, -0.25) is 4.79 Å². The number of amides is 1.